The molecule has 1 aliphatic rings. The average Bonchev–Trinajstić information content (AvgIpc) is 3.13. The molecule has 0 spiro atoms. The van der Waals surface area contributed by atoms with E-state index in [1.807, 2.05) is 12.1 Å². The van der Waals surface area contributed by atoms with Crippen LogP contribution in [0.1, 0.15) is 38.2 Å². The first-order valence-electron chi connectivity index (χ1n) is 9.06. The summed E-state index contributed by atoms with van der Waals surface area (Å²) in [5.74, 6) is 0.841. The molecule has 1 aromatic rings. The van der Waals surface area contributed by atoms with Gasteiger partial charge in [0.1, 0.15) is 0 Å². The summed E-state index contributed by atoms with van der Waals surface area (Å²) >= 11 is 0. The number of ether oxygens (including phenoxy) is 1. The molecule has 1 unspecified atom stereocenters. The molecule has 1 saturated heterocycles. The zero-order valence-corrected chi connectivity index (χ0v) is 17.6. The number of guanidine groups is 1. The predicted molar refractivity (Wildman–Crippen MR) is 114 cm³/mol. The molecule has 1 aromatic carbocycles. The van der Waals surface area contributed by atoms with Gasteiger partial charge in [0.2, 0.25) is 0 Å². The minimum atomic E-state index is -0.369. The lowest BCUT2D eigenvalue weighted by Gasteiger charge is -2.12. The van der Waals surface area contributed by atoms with Crippen LogP contribution in [0.15, 0.2) is 29.3 Å². The molecule has 2 N–H and O–H groups in total. The molecule has 1 aliphatic heterocycles. The third-order valence-corrected chi connectivity index (χ3v) is 4.15. The summed E-state index contributed by atoms with van der Waals surface area (Å²) in [6, 6.07) is 6.79. The molecule has 0 bridgehead atoms. The van der Waals surface area contributed by atoms with Crippen molar-refractivity contribution in [2.75, 3.05) is 26.2 Å². The van der Waals surface area contributed by atoms with Crippen LogP contribution < -0.4 is 10.6 Å². The van der Waals surface area contributed by atoms with Gasteiger partial charge < -0.3 is 15.4 Å². The number of nitro groups is 1. The molecule has 1 atom stereocenters. The first-order valence-corrected chi connectivity index (χ1v) is 9.06. The number of nitro benzene ring substituents is 1. The third-order valence-electron chi connectivity index (χ3n) is 4.15. The van der Waals surface area contributed by atoms with E-state index in [-0.39, 0.29) is 40.7 Å². The van der Waals surface area contributed by atoms with Crippen LogP contribution in [0, 0.1) is 10.1 Å². The summed E-state index contributed by atoms with van der Waals surface area (Å²) in [6.45, 7) is 5.30. The van der Waals surface area contributed by atoms with Crippen molar-refractivity contribution < 1.29 is 9.66 Å². The van der Waals surface area contributed by atoms with Crippen LogP contribution in [0.25, 0.3) is 0 Å². The number of aryl methyl sites for hydroxylation is 1. The molecule has 26 heavy (non-hydrogen) atoms. The minimum Gasteiger partial charge on any atom is -0.376 e. The summed E-state index contributed by atoms with van der Waals surface area (Å²) in [5.41, 5.74) is 1.27. The molecule has 8 heteroatoms. The maximum atomic E-state index is 10.6. The van der Waals surface area contributed by atoms with E-state index in [1.165, 1.54) is 0 Å². The van der Waals surface area contributed by atoms with Crippen LogP contribution in [-0.2, 0) is 11.2 Å². The maximum Gasteiger partial charge on any atom is 0.269 e. The van der Waals surface area contributed by atoms with Gasteiger partial charge in [-0.2, -0.15) is 0 Å². The van der Waals surface area contributed by atoms with Crippen LogP contribution >= 0.6 is 24.0 Å². The molecule has 7 nitrogen and oxygen atoms in total. The molecular formula is C18H29IN4O3. The van der Waals surface area contributed by atoms with Gasteiger partial charge in [0, 0.05) is 31.8 Å². The third kappa shape index (κ3) is 8.31. The van der Waals surface area contributed by atoms with E-state index in [9.17, 15) is 10.1 Å². The summed E-state index contributed by atoms with van der Waals surface area (Å²) in [5, 5.41) is 17.2. The molecule has 1 fully saturated rings. The number of halogens is 1. The van der Waals surface area contributed by atoms with Crippen LogP contribution in [0.3, 0.4) is 0 Å². The highest BCUT2D eigenvalue weighted by Gasteiger charge is 2.14. The second-order valence-corrected chi connectivity index (χ2v) is 6.16. The molecule has 0 radical (unpaired) electrons. The molecule has 2 rings (SSSR count). The van der Waals surface area contributed by atoms with E-state index >= 15 is 0 Å². The molecule has 0 aliphatic carbocycles. The van der Waals surface area contributed by atoms with E-state index in [0.29, 0.717) is 6.54 Å². The number of rotatable bonds is 9. The van der Waals surface area contributed by atoms with Crippen molar-refractivity contribution in [2.45, 2.75) is 45.1 Å². The number of non-ortho nitro benzene ring substituents is 1. The topological polar surface area (TPSA) is 88.8 Å². The fourth-order valence-corrected chi connectivity index (χ4v) is 2.77. The Hall–Kier alpha value is -1.42. The van der Waals surface area contributed by atoms with Gasteiger partial charge in [-0.3, -0.25) is 15.1 Å². The molecular weight excluding hydrogens is 447 g/mol. The molecule has 0 saturated carbocycles. The van der Waals surface area contributed by atoms with Gasteiger partial charge in [-0.1, -0.05) is 12.1 Å². The Morgan fingerprint density at radius 2 is 2.08 bits per heavy atom. The summed E-state index contributed by atoms with van der Waals surface area (Å²) in [6.07, 6.45) is 5.45. The van der Waals surface area contributed by atoms with Gasteiger partial charge in [-0.25, -0.2) is 0 Å². The van der Waals surface area contributed by atoms with Gasteiger partial charge in [0.25, 0.3) is 5.69 Å². The van der Waals surface area contributed by atoms with Gasteiger partial charge in [0.15, 0.2) is 5.96 Å². The Kier molecular flexibility index (Phi) is 11.2. The predicted octanol–water partition coefficient (Wildman–Crippen LogP) is 3.27. The van der Waals surface area contributed by atoms with Crippen LogP contribution in [0.5, 0.6) is 0 Å². The smallest absolute Gasteiger partial charge is 0.269 e. The van der Waals surface area contributed by atoms with Crippen molar-refractivity contribution in [3.8, 4) is 0 Å². The van der Waals surface area contributed by atoms with Crippen LogP contribution in [0.2, 0.25) is 0 Å². The lowest BCUT2D eigenvalue weighted by molar-refractivity contribution is -0.384. The lowest BCUT2D eigenvalue weighted by Crippen LogP contribution is -2.38. The number of aliphatic imine (C=N–C) groups is 1. The molecule has 0 amide bonds. The Bertz CT molecular complexity index is 560. The minimum absolute atomic E-state index is 0. The first kappa shape index (κ1) is 22.6. The number of nitrogens with one attached hydrogen (secondary N) is 2. The van der Waals surface area contributed by atoms with E-state index in [0.717, 1.165) is 63.3 Å². The SMILES string of the molecule is CCNC(=NCC1CCCO1)NCCCCc1ccc([N+](=O)[O-])cc1.I. The number of benzene rings is 1. The fourth-order valence-electron chi connectivity index (χ4n) is 2.77. The zero-order chi connectivity index (χ0) is 17.9. The number of nitrogens with zero attached hydrogens (tertiary/aromatic N) is 2. The lowest BCUT2D eigenvalue weighted by atomic mass is 10.1. The summed E-state index contributed by atoms with van der Waals surface area (Å²) < 4.78 is 5.59. The Morgan fingerprint density at radius 3 is 2.69 bits per heavy atom. The Balaban J connectivity index is 0.00000338. The Labute approximate surface area is 172 Å². The van der Waals surface area contributed by atoms with Crippen molar-refractivity contribution in [3.63, 3.8) is 0 Å². The summed E-state index contributed by atoms with van der Waals surface area (Å²) in [4.78, 5) is 14.9. The van der Waals surface area contributed by atoms with Gasteiger partial charge in [-0.15, -0.1) is 24.0 Å². The standard InChI is InChI=1S/C18H28N4O3.HI/c1-2-19-18(21-14-17-7-5-13-25-17)20-12-4-3-6-15-8-10-16(11-9-15)22(23)24;/h8-11,17H,2-7,12-14H2,1H3,(H2,19,20,21);1H. The quantitative estimate of drug-likeness (QED) is 0.143. The highest BCUT2D eigenvalue weighted by molar-refractivity contribution is 14.0. The normalized spacial score (nSPS) is 16.8. The van der Waals surface area contributed by atoms with E-state index in [1.54, 1.807) is 12.1 Å². The fraction of sp³-hybridized carbons (Fsp3) is 0.611. The molecule has 0 aromatic heterocycles. The van der Waals surface area contributed by atoms with E-state index in [2.05, 4.69) is 22.5 Å². The van der Waals surface area contributed by atoms with Crippen molar-refractivity contribution in [1.29, 1.82) is 0 Å². The second kappa shape index (κ2) is 12.9. The highest BCUT2D eigenvalue weighted by atomic mass is 127. The van der Waals surface area contributed by atoms with Crippen molar-refractivity contribution in [1.82, 2.24) is 10.6 Å². The largest absolute Gasteiger partial charge is 0.376 e. The number of hydrogen-bond acceptors (Lipinski definition) is 4. The van der Waals surface area contributed by atoms with Crippen molar-refractivity contribution in [3.05, 3.63) is 39.9 Å². The molecule has 146 valence electrons. The number of hydrogen-bond donors (Lipinski definition) is 2. The second-order valence-electron chi connectivity index (χ2n) is 6.16. The van der Waals surface area contributed by atoms with E-state index in [4.69, 9.17) is 4.74 Å². The maximum absolute atomic E-state index is 10.6. The van der Waals surface area contributed by atoms with Gasteiger partial charge in [-0.05, 0) is 44.6 Å². The van der Waals surface area contributed by atoms with Gasteiger partial charge in [0.05, 0.1) is 17.6 Å². The monoisotopic (exact) mass is 476 g/mol. The van der Waals surface area contributed by atoms with Crippen LogP contribution in [-0.4, -0.2) is 43.2 Å². The summed E-state index contributed by atoms with van der Waals surface area (Å²) in [7, 11) is 0. The van der Waals surface area contributed by atoms with Crippen LogP contribution in [0.4, 0.5) is 5.69 Å². The zero-order valence-electron chi connectivity index (χ0n) is 15.3. The average molecular weight is 476 g/mol. The first-order chi connectivity index (χ1) is 12.2. The number of unbranched alkanes of at least 4 members (excludes halogenated alkanes) is 1. The van der Waals surface area contributed by atoms with Gasteiger partial charge >= 0.3 is 0 Å². The van der Waals surface area contributed by atoms with Crippen molar-refractivity contribution >= 4 is 35.6 Å². The van der Waals surface area contributed by atoms with Crippen molar-refractivity contribution in [2.24, 2.45) is 4.99 Å². The highest BCUT2D eigenvalue weighted by Crippen LogP contribution is 2.13. The van der Waals surface area contributed by atoms with E-state index < -0.39 is 0 Å². The molecule has 1 heterocycles. The Morgan fingerprint density at radius 1 is 1.31 bits per heavy atom.